The zero-order valence-electron chi connectivity index (χ0n) is 17.2. The Labute approximate surface area is 184 Å². The number of hydrogen-bond donors (Lipinski definition) is 1. The van der Waals surface area contributed by atoms with Gasteiger partial charge in [0, 0.05) is 19.0 Å². The summed E-state index contributed by atoms with van der Waals surface area (Å²) in [6, 6.07) is 11.9. The highest BCUT2D eigenvalue weighted by molar-refractivity contribution is 8.00. The molecule has 1 N–H and O–H groups in total. The van der Waals surface area contributed by atoms with Gasteiger partial charge in [-0.05, 0) is 25.0 Å². The first kappa shape index (κ1) is 19.7. The molecule has 1 amide bonds. The van der Waals surface area contributed by atoms with Gasteiger partial charge in [-0.1, -0.05) is 42.8 Å². The van der Waals surface area contributed by atoms with Crippen molar-refractivity contribution in [2.24, 2.45) is 7.05 Å². The Hall–Kier alpha value is -3.20. The number of para-hydroxylation sites is 1. The van der Waals surface area contributed by atoms with Crippen molar-refractivity contribution in [2.45, 2.75) is 36.6 Å². The van der Waals surface area contributed by atoms with Gasteiger partial charge >= 0.3 is 0 Å². The van der Waals surface area contributed by atoms with Gasteiger partial charge in [0.1, 0.15) is 17.2 Å². The minimum Gasteiger partial charge on any atom is -0.310 e. The molecular weight excluding hydrogens is 410 g/mol. The SMILES string of the molecule is Cn1ncc2c(SCC(=O)Nc3cc(C4CCCC4)nn3-c3ccccc3)ncnc21. The standard InChI is InChI=1S/C22H23N7OS/c1-28-21-17(12-25-28)22(24-14-23-21)31-13-20(30)26-19-11-18(15-7-5-6-8-15)27-29(19)16-9-3-2-4-10-16/h2-4,9-12,14-15H,5-8,13H2,1H3,(H,26,30). The van der Waals surface area contributed by atoms with Gasteiger partial charge in [-0.2, -0.15) is 10.2 Å². The highest BCUT2D eigenvalue weighted by Gasteiger charge is 2.22. The van der Waals surface area contributed by atoms with Crippen LogP contribution in [0, 0.1) is 0 Å². The maximum atomic E-state index is 12.8. The van der Waals surface area contributed by atoms with Crippen molar-refractivity contribution < 1.29 is 4.79 Å². The number of carbonyl (C=O) groups excluding carboxylic acids is 1. The van der Waals surface area contributed by atoms with E-state index in [1.165, 1.54) is 30.9 Å². The Kier molecular flexibility index (Phi) is 5.42. The number of anilines is 1. The maximum absolute atomic E-state index is 12.8. The summed E-state index contributed by atoms with van der Waals surface area (Å²) in [5.41, 5.74) is 2.74. The summed E-state index contributed by atoms with van der Waals surface area (Å²) in [4.78, 5) is 21.4. The molecule has 1 saturated carbocycles. The molecule has 0 aliphatic heterocycles. The summed E-state index contributed by atoms with van der Waals surface area (Å²) in [5.74, 6) is 1.30. The second kappa shape index (κ2) is 8.50. The molecule has 0 spiro atoms. The largest absolute Gasteiger partial charge is 0.310 e. The molecule has 1 aromatic carbocycles. The Morgan fingerprint density at radius 2 is 2.00 bits per heavy atom. The van der Waals surface area contributed by atoms with E-state index in [1.54, 1.807) is 10.9 Å². The van der Waals surface area contributed by atoms with Crippen molar-refractivity contribution in [1.29, 1.82) is 0 Å². The predicted molar refractivity (Wildman–Crippen MR) is 120 cm³/mol. The minimum atomic E-state index is -0.101. The van der Waals surface area contributed by atoms with Gasteiger partial charge in [0.25, 0.3) is 0 Å². The summed E-state index contributed by atoms with van der Waals surface area (Å²) in [6.07, 6.45) is 8.02. The van der Waals surface area contributed by atoms with Crippen LogP contribution in [-0.4, -0.2) is 41.2 Å². The summed E-state index contributed by atoms with van der Waals surface area (Å²) in [6.45, 7) is 0. The number of benzene rings is 1. The molecule has 0 bridgehead atoms. The lowest BCUT2D eigenvalue weighted by molar-refractivity contribution is -0.113. The van der Waals surface area contributed by atoms with Crippen molar-refractivity contribution in [2.75, 3.05) is 11.1 Å². The molecule has 4 aromatic rings. The van der Waals surface area contributed by atoms with E-state index in [-0.39, 0.29) is 11.7 Å². The minimum absolute atomic E-state index is 0.101. The number of fused-ring (bicyclic) bond motifs is 1. The number of nitrogens with one attached hydrogen (secondary N) is 1. The molecule has 1 aliphatic carbocycles. The van der Waals surface area contributed by atoms with Gasteiger partial charge in [0.05, 0.1) is 28.7 Å². The number of aryl methyl sites for hydroxylation is 1. The number of hydrogen-bond acceptors (Lipinski definition) is 6. The average molecular weight is 434 g/mol. The lowest BCUT2D eigenvalue weighted by Gasteiger charge is -2.09. The van der Waals surface area contributed by atoms with Gasteiger partial charge in [0.15, 0.2) is 5.65 Å². The highest BCUT2D eigenvalue weighted by Crippen LogP contribution is 2.35. The van der Waals surface area contributed by atoms with Crippen LogP contribution < -0.4 is 5.32 Å². The molecule has 158 valence electrons. The zero-order valence-corrected chi connectivity index (χ0v) is 18.0. The first-order chi connectivity index (χ1) is 15.2. The first-order valence-corrected chi connectivity index (χ1v) is 11.4. The quantitative estimate of drug-likeness (QED) is 0.366. The summed E-state index contributed by atoms with van der Waals surface area (Å²) < 4.78 is 3.53. The molecule has 3 heterocycles. The second-order valence-electron chi connectivity index (χ2n) is 7.70. The molecule has 3 aromatic heterocycles. The molecule has 31 heavy (non-hydrogen) atoms. The lowest BCUT2D eigenvalue weighted by Crippen LogP contribution is -2.17. The van der Waals surface area contributed by atoms with E-state index in [4.69, 9.17) is 5.10 Å². The zero-order chi connectivity index (χ0) is 21.2. The number of carbonyl (C=O) groups is 1. The molecule has 1 fully saturated rings. The Balaban J connectivity index is 1.35. The van der Waals surface area contributed by atoms with Crippen LogP contribution in [0.1, 0.15) is 37.3 Å². The van der Waals surface area contributed by atoms with Crippen LogP contribution >= 0.6 is 11.8 Å². The van der Waals surface area contributed by atoms with E-state index in [0.717, 1.165) is 40.3 Å². The normalized spacial score (nSPS) is 14.4. The smallest absolute Gasteiger partial charge is 0.235 e. The summed E-state index contributed by atoms with van der Waals surface area (Å²) in [7, 11) is 1.84. The fourth-order valence-corrected chi connectivity index (χ4v) is 4.81. The van der Waals surface area contributed by atoms with Gasteiger partial charge in [-0.3, -0.25) is 9.48 Å². The molecular formula is C22H23N7OS. The lowest BCUT2D eigenvalue weighted by atomic mass is 10.0. The van der Waals surface area contributed by atoms with Gasteiger partial charge in [0.2, 0.25) is 5.91 Å². The van der Waals surface area contributed by atoms with E-state index in [1.807, 2.05) is 48.1 Å². The Morgan fingerprint density at radius 1 is 1.19 bits per heavy atom. The van der Waals surface area contributed by atoms with Crippen molar-refractivity contribution in [3.8, 4) is 5.69 Å². The third kappa shape index (κ3) is 4.05. The molecule has 5 rings (SSSR count). The van der Waals surface area contributed by atoms with E-state index < -0.39 is 0 Å². The first-order valence-electron chi connectivity index (χ1n) is 10.4. The Bertz CT molecular complexity index is 1210. The van der Waals surface area contributed by atoms with Gasteiger partial charge in [-0.25, -0.2) is 14.6 Å². The van der Waals surface area contributed by atoms with Gasteiger partial charge < -0.3 is 5.32 Å². The van der Waals surface area contributed by atoms with Crippen LogP contribution in [0.25, 0.3) is 16.7 Å². The highest BCUT2D eigenvalue weighted by atomic mass is 32.2. The summed E-state index contributed by atoms with van der Waals surface area (Å²) >= 11 is 1.38. The number of rotatable bonds is 6. The molecule has 9 heteroatoms. The molecule has 1 aliphatic rings. The van der Waals surface area contributed by atoms with Crippen molar-refractivity contribution >= 4 is 34.5 Å². The monoisotopic (exact) mass is 433 g/mol. The second-order valence-corrected chi connectivity index (χ2v) is 8.67. The third-order valence-electron chi connectivity index (χ3n) is 5.60. The predicted octanol–water partition coefficient (Wildman–Crippen LogP) is 3.94. The fourth-order valence-electron chi connectivity index (χ4n) is 4.04. The van der Waals surface area contributed by atoms with E-state index >= 15 is 0 Å². The number of thioether (sulfide) groups is 1. The molecule has 0 unspecified atom stereocenters. The molecule has 0 atom stereocenters. The van der Waals surface area contributed by atoms with Crippen molar-refractivity contribution in [1.82, 2.24) is 29.5 Å². The molecule has 8 nitrogen and oxygen atoms in total. The summed E-state index contributed by atoms with van der Waals surface area (Å²) in [5, 5.41) is 13.7. The number of aromatic nitrogens is 6. The van der Waals surface area contributed by atoms with E-state index in [0.29, 0.717) is 11.7 Å². The maximum Gasteiger partial charge on any atom is 0.235 e. The number of nitrogens with zero attached hydrogens (tertiary/aromatic N) is 6. The third-order valence-corrected chi connectivity index (χ3v) is 6.61. The van der Waals surface area contributed by atoms with E-state index in [9.17, 15) is 4.79 Å². The topological polar surface area (TPSA) is 90.5 Å². The van der Waals surface area contributed by atoms with Crippen LogP contribution in [0.2, 0.25) is 0 Å². The Morgan fingerprint density at radius 3 is 2.81 bits per heavy atom. The molecule has 0 saturated heterocycles. The van der Waals surface area contributed by atoms with Crippen LogP contribution in [-0.2, 0) is 11.8 Å². The average Bonchev–Trinajstić information content (AvgIpc) is 3.54. The van der Waals surface area contributed by atoms with Crippen LogP contribution in [0.5, 0.6) is 0 Å². The van der Waals surface area contributed by atoms with Crippen LogP contribution in [0.3, 0.4) is 0 Å². The molecule has 0 radical (unpaired) electrons. The number of amides is 1. The van der Waals surface area contributed by atoms with Crippen LogP contribution in [0.4, 0.5) is 5.82 Å². The van der Waals surface area contributed by atoms with Crippen molar-refractivity contribution in [3.05, 3.63) is 54.6 Å². The fraction of sp³-hybridized carbons (Fsp3) is 0.318. The van der Waals surface area contributed by atoms with Crippen molar-refractivity contribution in [3.63, 3.8) is 0 Å². The van der Waals surface area contributed by atoms with Crippen LogP contribution in [0.15, 0.2) is 53.9 Å². The van der Waals surface area contributed by atoms with E-state index in [2.05, 4.69) is 20.4 Å². The van der Waals surface area contributed by atoms with Gasteiger partial charge in [-0.15, -0.1) is 0 Å².